The second-order valence-corrected chi connectivity index (χ2v) is 4.56. The van der Waals surface area contributed by atoms with Crippen molar-refractivity contribution < 1.29 is 4.74 Å². The first-order valence-corrected chi connectivity index (χ1v) is 6.57. The van der Waals surface area contributed by atoms with Crippen LogP contribution in [0.15, 0.2) is 42.5 Å². The van der Waals surface area contributed by atoms with Crippen LogP contribution in [0.3, 0.4) is 0 Å². The van der Waals surface area contributed by atoms with E-state index in [2.05, 4.69) is 11.4 Å². The van der Waals surface area contributed by atoms with E-state index in [0.29, 0.717) is 17.9 Å². The summed E-state index contributed by atoms with van der Waals surface area (Å²) < 4.78 is 5.27. The third-order valence-electron chi connectivity index (χ3n) is 3.07. The third-order valence-corrected chi connectivity index (χ3v) is 3.07. The van der Waals surface area contributed by atoms with E-state index >= 15 is 0 Å². The number of nitriles is 2. The van der Waals surface area contributed by atoms with Crippen molar-refractivity contribution in [2.75, 3.05) is 11.9 Å². The summed E-state index contributed by atoms with van der Waals surface area (Å²) in [6.45, 7) is 2.54. The van der Waals surface area contributed by atoms with Gasteiger partial charge in [0.1, 0.15) is 17.9 Å². The van der Waals surface area contributed by atoms with E-state index < -0.39 is 0 Å². The van der Waals surface area contributed by atoms with E-state index in [9.17, 15) is 5.26 Å². The first kappa shape index (κ1) is 14.4. The van der Waals surface area contributed by atoms with Gasteiger partial charge in [0.25, 0.3) is 0 Å². The van der Waals surface area contributed by atoms with Crippen molar-refractivity contribution in [2.45, 2.75) is 13.5 Å². The summed E-state index contributed by atoms with van der Waals surface area (Å²) in [5.41, 5.74) is 3.46. The summed E-state index contributed by atoms with van der Waals surface area (Å²) in [5, 5.41) is 21.0. The van der Waals surface area contributed by atoms with Gasteiger partial charge in [-0.3, -0.25) is 0 Å². The highest BCUT2D eigenvalue weighted by Crippen LogP contribution is 2.20. The standard InChI is InChI=1S/C17H15N3O/c1-13-4-2-7-17(16(13)11-19)20-12-14-5-3-6-15(10-14)21-9-8-18/h2-7,10,20H,9,12H2,1H3. The number of hydrogen-bond donors (Lipinski definition) is 1. The summed E-state index contributed by atoms with van der Waals surface area (Å²) in [6, 6.07) is 17.4. The molecule has 0 aliphatic carbocycles. The zero-order valence-electron chi connectivity index (χ0n) is 11.8. The Morgan fingerprint density at radius 3 is 2.71 bits per heavy atom. The molecule has 0 aliphatic rings. The maximum Gasteiger partial charge on any atom is 0.174 e. The molecule has 4 nitrogen and oxygen atoms in total. The van der Waals surface area contributed by atoms with Crippen LogP contribution in [0.1, 0.15) is 16.7 Å². The van der Waals surface area contributed by atoms with Crippen molar-refractivity contribution in [1.82, 2.24) is 0 Å². The Morgan fingerprint density at radius 2 is 1.95 bits per heavy atom. The molecule has 0 spiro atoms. The van der Waals surface area contributed by atoms with Gasteiger partial charge in [-0.1, -0.05) is 24.3 Å². The summed E-state index contributed by atoms with van der Waals surface area (Å²) in [7, 11) is 0. The smallest absolute Gasteiger partial charge is 0.174 e. The number of nitrogens with zero attached hydrogens (tertiary/aromatic N) is 2. The molecule has 0 radical (unpaired) electrons. The quantitative estimate of drug-likeness (QED) is 0.909. The molecule has 1 N–H and O–H groups in total. The number of nitrogens with one attached hydrogen (secondary N) is 1. The second-order valence-electron chi connectivity index (χ2n) is 4.56. The van der Waals surface area contributed by atoms with Crippen molar-refractivity contribution in [2.24, 2.45) is 0 Å². The van der Waals surface area contributed by atoms with Crippen molar-refractivity contribution in [3.63, 3.8) is 0 Å². The largest absolute Gasteiger partial charge is 0.479 e. The molecular weight excluding hydrogens is 262 g/mol. The fraction of sp³-hybridized carbons (Fsp3) is 0.176. The monoisotopic (exact) mass is 277 g/mol. The Balaban J connectivity index is 2.09. The number of benzene rings is 2. The minimum absolute atomic E-state index is 0.0351. The van der Waals surface area contributed by atoms with Gasteiger partial charge in [-0.15, -0.1) is 0 Å². The van der Waals surface area contributed by atoms with Gasteiger partial charge in [0.05, 0.1) is 11.3 Å². The van der Waals surface area contributed by atoms with Crippen molar-refractivity contribution in [3.8, 4) is 17.9 Å². The summed E-state index contributed by atoms with van der Waals surface area (Å²) >= 11 is 0. The molecule has 0 bridgehead atoms. The van der Waals surface area contributed by atoms with Gasteiger partial charge in [-0.25, -0.2) is 0 Å². The van der Waals surface area contributed by atoms with E-state index in [-0.39, 0.29) is 6.61 Å². The van der Waals surface area contributed by atoms with Gasteiger partial charge < -0.3 is 10.1 Å². The minimum atomic E-state index is 0.0351. The van der Waals surface area contributed by atoms with Gasteiger partial charge in [0.15, 0.2) is 6.61 Å². The summed E-state index contributed by atoms with van der Waals surface area (Å²) in [6.07, 6.45) is 0. The highest BCUT2D eigenvalue weighted by Gasteiger charge is 2.04. The zero-order valence-corrected chi connectivity index (χ0v) is 11.8. The molecule has 4 heteroatoms. The Bertz CT molecular complexity index is 711. The molecule has 0 aliphatic heterocycles. The molecule has 0 unspecified atom stereocenters. The van der Waals surface area contributed by atoms with Gasteiger partial charge in [-0.05, 0) is 36.2 Å². The maximum absolute atomic E-state index is 9.20. The molecule has 104 valence electrons. The van der Waals surface area contributed by atoms with Gasteiger partial charge in [-0.2, -0.15) is 10.5 Å². The predicted octanol–water partition coefficient (Wildman–Crippen LogP) is 3.38. The molecule has 0 fully saturated rings. The summed E-state index contributed by atoms with van der Waals surface area (Å²) in [4.78, 5) is 0. The van der Waals surface area contributed by atoms with Crippen LogP contribution in [0.2, 0.25) is 0 Å². The average Bonchev–Trinajstić information content (AvgIpc) is 2.51. The molecular formula is C17H15N3O. The van der Waals surface area contributed by atoms with E-state index in [0.717, 1.165) is 16.8 Å². The molecule has 0 aromatic heterocycles. The van der Waals surface area contributed by atoms with Crippen LogP contribution in [0.25, 0.3) is 0 Å². The zero-order chi connectivity index (χ0) is 15.1. The van der Waals surface area contributed by atoms with Gasteiger partial charge >= 0.3 is 0 Å². The normalized spacial score (nSPS) is 9.48. The first-order chi connectivity index (χ1) is 10.2. The Hall–Kier alpha value is -2.98. The van der Waals surface area contributed by atoms with E-state index in [1.54, 1.807) is 0 Å². The van der Waals surface area contributed by atoms with Crippen LogP contribution in [0, 0.1) is 29.6 Å². The number of rotatable bonds is 5. The molecule has 0 saturated heterocycles. The van der Waals surface area contributed by atoms with Gasteiger partial charge in [0.2, 0.25) is 0 Å². The molecule has 21 heavy (non-hydrogen) atoms. The Morgan fingerprint density at radius 1 is 1.14 bits per heavy atom. The predicted molar refractivity (Wildman–Crippen MR) is 80.8 cm³/mol. The fourth-order valence-electron chi connectivity index (χ4n) is 2.02. The maximum atomic E-state index is 9.20. The van der Waals surface area contributed by atoms with Crippen LogP contribution in [0.4, 0.5) is 5.69 Å². The minimum Gasteiger partial charge on any atom is -0.479 e. The van der Waals surface area contributed by atoms with Crippen molar-refractivity contribution in [3.05, 3.63) is 59.2 Å². The molecule has 2 aromatic rings. The Labute approximate surface area is 124 Å². The molecule has 0 atom stereocenters. The third kappa shape index (κ3) is 3.75. The van der Waals surface area contributed by atoms with E-state index in [1.807, 2.05) is 55.5 Å². The van der Waals surface area contributed by atoms with Crippen LogP contribution >= 0.6 is 0 Å². The SMILES string of the molecule is Cc1cccc(NCc2cccc(OCC#N)c2)c1C#N. The number of ether oxygens (including phenoxy) is 1. The van der Waals surface area contributed by atoms with Crippen molar-refractivity contribution >= 4 is 5.69 Å². The highest BCUT2D eigenvalue weighted by molar-refractivity contribution is 5.60. The van der Waals surface area contributed by atoms with Crippen molar-refractivity contribution in [1.29, 1.82) is 10.5 Å². The molecule has 2 rings (SSSR count). The Kier molecular flexibility index (Phi) is 4.79. The van der Waals surface area contributed by atoms with Crippen LogP contribution < -0.4 is 10.1 Å². The number of anilines is 1. The topological polar surface area (TPSA) is 68.8 Å². The van der Waals surface area contributed by atoms with E-state index in [4.69, 9.17) is 10.00 Å². The van der Waals surface area contributed by atoms with Crippen LogP contribution in [-0.2, 0) is 6.54 Å². The number of aryl methyl sites for hydroxylation is 1. The average molecular weight is 277 g/mol. The molecule has 2 aromatic carbocycles. The summed E-state index contributed by atoms with van der Waals surface area (Å²) in [5.74, 6) is 0.667. The number of hydrogen-bond acceptors (Lipinski definition) is 4. The lowest BCUT2D eigenvalue weighted by atomic mass is 10.1. The first-order valence-electron chi connectivity index (χ1n) is 6.57. The lowest BCUT2D eigenvalue weighted by Crippen LogP contribution is -2.03. The van der Waals surface area contributed by atoms with Crippen LogP contribution in [-0.4, -0.2) is 6.61 Å². The molecule has 0 amide bonds. The van der Waals surface area contributed by atoms with E-state index in [1.165, 1.54) is 0 Å². The molecule has 0 saturated carbocycles. The lowest BCUT2D eigenvalue weighted by Gasteiger charge is -2.10. The highest BCUT2D eigenvalue weighted by atomic mass is 16.5. The van der Waals surface area contributed by atoms with Gasteiger partial charge in [0, 0.05) is 6.54 Å². The molecule has 0 heterocycles. The fourth-order valence-corrected chi connectivity index (χ4v) is 2.02. The lowest BCUT2D eigenvalue weighted by molar-refractivity contribution is 0.368. The second kappa shape index (κ2) is 6.98. The van der Waals surface area contributed by atoms with Crippen LogP contribution in [0.5, 0.6) is 5.75 Å².